The smallest absolute Gasteiger partial charge is 0.271 e. The van der Waals surface area contributed by atoms with Gasteiger partial charge in [-0.3, -0.25) is 14.7 Å². The Kier molecular flexibility index (Phi) is 5.72. The van der Waals surface area contributed by atoms with Crippen molar-refractivity contribution in [3.05, 3.63) is 65.3 Å². The molecule has 2 aromatic heterocycles. The molecule has 0 aliphatic carbocycles. The van der Waals surface area contributed by atoms with Crippen LogP contribution >= 0.6 is 11.3 Å². The molecule has 7 heteroatoms. The molecule has 1 N–H and O–H groups in total. The van der Waals surface area contributed by atoms with Gasteiger partial charge in [-0.15, -0.1) is 11.3 Å². The number of nitrogens with one attached hydrogen (secondary N) is 1. The van der Waals surface area contributed by atoms with Crippen molar-refractivity contribution in [3.63, 3.8) is 0 Å². The number of rotatable bonds is 5. The maximum Gasteiger partial charge on any atom is 0.271 e. The second-order valence-corrected chi connectivity index (χ2v) is 9.04. The summed E-state index contributed by atoms with van der Waals surface area (Å²) in [6, 6.07) is 14.1. The van der Waals surface area contributed by atoms with Crippen LogP contribution in [0.2, 0.25) is 0 Å². The number of hydrogen-bond donors (Lipinski definition) is 1. The molecule has 1 saturated heterocycles. The van der Waals surface area contributed by atoms with E-state index < -0.39 is 5.41 Å². The number of H-pyrrole nitrogens is 1. The third-order valence-electron chi connectivity index (χ3n) is 5.79. The summed E-state index contributed by atoms with van der Waals surface area (Å²) < 4.78 is 0. The first-order chi connectivity index (χ1) is 14.5. The van der Waals surface area contributed by atoms with Crippen molar-refractivity contribution in [1.82, 2.24) is 20.0 Å². The van der Waals surface area contributed by atoms with E-state index in [1.807, 2.05) is 18.2 Å². The average molecular weight is 423 g/mol. The van der Waals surface area contributed by atoms with E-state index in [2.05, 4.69) is 33.8 Å². The molecule has 2 amide bonds. The van der Waals surface area contributed by atoms with Crippen LogP contribution in [-0.4, -0.2) is 59.0 Å². The zero-order valence-electron chi connectivity index (χ0n) is 17.3. The number of benzene rings is 1. The maximum absolute atomic E-state index is 13.4. The number of likely N-dealkylation sites (tertiary alicyclic amines) is 1. The van der Waals surface area contributed by atoms with Crippen molar-refractivity contribution in [3.8, 4) is 10.4 Å². The van der Waals surface area contributed by atoms with Crippen LogP contribution in [-0.2, 0) is 11.2 Å². The zero-order chi connectivity index (χ0) is 21.1. The van der Waals surface area contributed by atoms with Gasteiger partial charge in [-0.2, -0.15) is 5.10 Å². The summed E-state index contributed by atoms with van der Waals surface area (Å²) in [4.78, 5) is 31.1. The van der Waals surface area contributed by atoms with Crippen LogP contribution in [0.5, 0.6) is 0 Å². The standard InChI is InChI=1S/C23H26N4O2S/c1-26(2)22(29)23(11-6-13-27(16-23)21(28)19-10-12-24-25-19)15-17-7-3-4-8-18(17)20-9-5-14-30-20/h3-5,7-10,12,14H,6,11,13,15-16H2,1-2H3,(H,24,25). The average Bonchev–Trinajstić information content (AvgIpc) is 3.47. The first-order valence-corrected chi connectivity index (χ1v) is 11.0. The van der Waals surface area contributed by atoms with Crippen LogP contribution in [0.15, 0.2) is 54.0 Å². The molecule has 1 atom stereocenters. The van der Waals surface area contributed by atoms with E-state index in [4.69, 9.17) is 0 Å². The molecular weight excluding hydrogens is 396 g/mol. The fourth-order valence-electron chi connectivity index (χ4n) is 4.43. The summed E-state index contributed by atoms with van der Waals surface area (Å²) in [5.41, 5.74) is 2.12. The van der Waals surface area contributed by atoms with E-state index >= 15 is 0 Å². The van der Waals surface area contributed by atoms with E-state index in [9.17, 15) is 9.59 Å². The van der Waals surface area contributed by atoms with E-state index in [1.165, 1.54) is 4.88 Å². The van der Waals surface area contributed by atoms with Crippen molar-refractivity contribution in [1.29, 1.82) is 0 Å². The number of carbonyl (C=O) groups excluding carboxylic acids is 2. The molecule has 4 rings (SSSR count). The van der Waals surface area contributed by atoms with Crippen molar-refractivity contribution >= 4 is 23.2 Å². The van der Waals surface area contributed by atoms with Gasteiger partial charge in [-0.05, 0) is 47.9 Å². The van der Waals surface area contributed by atoms with Gasteiger partial charge in [0.25, 0.3) is 5.91 Å². The Morgan fingerprint density at radius 3 is 2.73 bits per heavy atom. The third kappa shape index (κ3) is 3.89. The SMILES string of the molecule is CN(C)C(=O)C1(Cc2ccccc2-c2cccs2)CCCN(C(=O)c2ccn[nH]2)C1. The fourth-order valence-corrected chi connectivity index (χ4v) is 5.22. The normalized spacial score (nSPS) is 18.9. The Balaban J connectivity index is 1.69. The Morgan fingerprint density at radius 2 is 2.03 bits per heavy atom. The van der Waals surface area contributed by atoms with Crippen molar-refractivity contribution < 1.29 is 9.59 Å². The van der Waals surface area contributed by atoms with Crippen LogP contribution < -0.4 is 0 Å². The summed E-state index contributed by atoms with van der Waals surface area (Å²) in [5, 5.41) is 8.72. The number of amides is 2. The van der Waals surface area contributed by atoms with Gasteiger partial charge in [0.2, 0.25) is 5.91 Å². The quantitative estimate of drug-likeness (QED) is 0.682. The van der Waals surface area contributed by atoms with Gasteiger partial charge in [-0.25, -0.2) is 0 Å². The van der Waals surface area contributed by atoms with E-state index in [1.54, 1.807) is 47.5 Å². The predicted molar refractivity (Wildman–Crippen MR) is 118 cm³/mol. The molecule has 1 aliphatic heterocycles. The first-order valence-electron chi connectivity index (χ1n) is 10.1. The lowest BCUT2D eigenvalue weighted by Crippen LogP contribution is -2.54. The lowest BCUT2D eigenvalue weighted by atomic mass is 9.73. The Bertz CT molecular complexity index is 1010. The number of hydrogen-bond acceptors (Lipinski definition) is 4. The topological polar surface area (TPSA) is 69.3 Å². The van der Waals surface area contributed by atoms with E-state index in [0.717, 1.165) is 24.0 Å². The highest BCUT2D eigenvalue weighted by atomic mass is 32.1. The van der Waals surface area contributed by atoms with Crippen molar-refractivity contribution in [2.45, 2.75) is 19.3 Å². The second-order valence-electron chi connectivity index (χ2n) is 8.09. The molecule has 156 valence electrons. The third-order valence-corrected chi connectivity index (χ3v) is 6.69. The Morgan fingerprint density at radius 1 is 1.20 bits per heavy atom. The lowest BCUT2D eigenvalue weighted by Gasteiger charge is -2.43. The molecule has 3 aromatic rings. The second kappa shape index (κ2) is 8.44. The molecule has 1 aliphatic rings. The molecule has 30 heavy (non-hydrogen) atoms. The summed E-state index contributed by atoms with van der Waals surface area (Å²) in [6.45, 7) is 1.05. The van der Waals surface area contributed by atoms with Gasteiger partial charge < -0.3 is 9.80 Å². The fraction of sp³-hybridized carbons (Fsp3) is 0.348. The van der Waals surface area contributed by atoms with Crippen LogP contribution in [0.4, 0.5) is 0 Å². The highest BCUT2D eigenvalue weighted by Gasteiger charge is 2.45. The minimum Gasteiger partial charge on any atom is -0.348 e. The molecule has 6 nitrogen and oxygen atoms in total. The van der Waals surface area contributed by atoms with Crippen molar-refractivity contribution in [2.75, 3.05) is 27.2 Å². The van der Waals surface area contributed by atoms with Crippen LogP contribution in [0.1, 0.15) is 28.9 Å². The minimum absolute atomic E-state index is 0.0746. The molecule has 1 aromatic carbocycles. The molecule has 1 unspecified atom stereocenters. The maximum atomic E-state index is 13.4. The zero-order valence-corrected chi connectivity index (χ0v) is 18.1. The summed E-state index contributed by atoms with van der Waals surface area (Å²) in [6.07, 6.45) is 3.73. The summed E-state index contributed by atoms with van der Waals surface area (Å²) in [7, 11) is 3.59. The molecular formula is C23H26N4O2S. The molecule has 3 heterocycles. The van der Waals surface area contributed by atoms with Gasteiger partial charge in [0.1, 0.15) is 5.69 Å². The number of piperidine rings is 1. The first kappa shape index (κ1) is 20.3. The van der Waals surface area contributed by atoms with Gasteiger partial charge in [0, 0.05) is 38.3 Å². The Hall–Kier alpha value is -2.93. The van der Waals surface area contributed by atoms with E-state index in [-0.39, 0.29) is 11.8 Å². The Labute approximate surface area is 180 Å². The van der Waals surface area contributed by atoms with Gasteiger partial charge in [0.15, 0.2) is 0 Å². The number of nitrogens with zero attached hydrogens (tertiary/aromatic N) is 3. The largest absolute Gasteiger partial charge is 0.348 e. The molecule has 1 fully saturated rings. The number of thiophene rings is 1. The molecule has 0 spiro atoms. The number of aromatic nitrogens is 2. The van der Waals surface area contributed by atoms with Crippen LogP contribution in [0.3, 0.4) is 0 Å². The summed E-state index contributed by atoms with van der Waals surface area (Å²) in [5.74, 6) is -0.0275. The highest BCUT2D eigenvalue weighted by molar-refractivity contribution is 7.13. The monoisotopic (exact) mass is 422 g/mol. The summed E-state index contributed by atoms with van der Waals surface area (Å²) >= 11 is 1.70. The minimum atomic E-state index is -0.648. The van der Waals surface area contributed by atoms with Gasteiger partial charge in [0.05, 0.1) is 5.41 Å². The predicted octanol–water partition coefficient (Wildman–Crippen LogP) is 3.69. The molecule has 0 radical (unpaired) electrons. The lowest BCUT2D eigenvalue weighted by molar-refractivity contribution is -0.142. The molecule has 0 saturated carbocycles. The number of aromatic amines is 1. The van der Waals surface area contributed by atoms with E-state index in [0.29, 0.717) is 25.2 Å². The number of carbonyl (C=O) groups is 2. The highest BCUT2D eigenvalue weighted by Crippen LogP contribution is 2.39. The van der Waals surface area contributed by atoms with Gasteiger partial charge >= 0.3 is 0 Å². The van der Waals surface area contributed by atoms with Gasteiger partial charge in [-0.1, -0.05) is 30.3 Å². The van der Waals surface area contributed by atoms with Crippen molar-refractivity contribution in [2.24, 2.45) is 5.41 Å². The molecule has 0 bridgehead atoms. The van der Waals surface area contributed by atoms with Crippen LogP contribution in [0.25, 0.3) is 10.4 Å². The van der Waals surface area contributed by atoms with Crippen LogP contribution in [0, 0.1) is 5.41 Å².